The second kappa shape index (κ2) is 11.2. The van der Waals surface area contributed by atoms with Crippen molar-refractivity contribution in [1.29, 1.82) is 0 Å². The minimum atomic E-state index is 0.158. The zero-order valence-electron chi connectivity index (χ0n) is 20.6. The van der Waals surface area contributed by atoms with E-state index in [2.05, 4.69) is 89.9 Å². The summed E-state index contributed by atoms with van der Waals surface area (Å²) < 4.78 is 5.26. The van der Waals surface area contributed by atoms with Crippen molar-refractivity contribution < 1.29 is 9.84 Å². The van der Waals surface area contributed by atoms with Crippen LogP contribution in [0.5, 0.6) is 11.5 Å². The van der Waals surface area contributed by atoms with Gasteiger partial charge in [0.05, 0.1) is 12.8 Å². The molecule has 1 N–H and O–H groups in total. The van der Waals surface area contributed by atoms with Gasteiger partial charge in [0.2, 0.25) is 0 Å². The molecule has 0 aromatic heterocycles. The van der Waals surface area contributed by atoms with Crippen molar-refractivity contribution in [2.45, 2.75) is 0 Å². The van der Waals surface area contributed by atoms with Crippen LogP contribution in [0.2, 0.25) is 0 Å². The Morgan fingerprint density at radius 2 is 1.05 bits per heavy atom. The fraction of sp³-hybridized carbons (Fsp3) is 0.0294. The third kappa shape index (κ3) is 5.52. The maximum Gasteiger partial charge on any atom is 0.124 e. The molecule has 0 saturated carbocycles. The van der Waals surface area contributed by atoms with E-state index < -0.39 is 0 Å². The maximum atomic E-state index is 10.2. The van der Waals surface area contributed by atoms with Crippen LogP contribution in [0.25, 0.3) is 11.1 Å². The van der Waals surface area contributed by atoms with Gasteiger partial charge in [0.15, 0.2) is 0 Å². The zero-order valence-corrected chi connectivity index (χ0v) is 20.6. The molecule has 0 amide bonds. The first-order valence-corrected chi connectivity index (χ1v) is 12.1. The summed E-state index contributed by atoms with van der Waals surface area (Å²) in [6, 6.07) is 44.8. The molecule has 0 unspecified atom stereocenters. The molecule has 3 heteroatoms. The summed E-state index contributed by atoms with van der Waals surface area (Å²) in [5.41, 5.74) is 8.26. The van der Waals surface area contributed by atoms with Gasteiger partial charge in [0.1, 0.15) is 11.5 Å². The Morgan fingerprint density at radius 3 is 1.51 bits per heavy atom. The fourth-order valence-electron chi connectivity index (χ4n) is 4.35. The maximum absolute atomic E-state index is 10.2. The van der Waals surface area contributed by atoms with Crippen LogP contribution in [0.1, 0.15) is 27.8 Å². The van der Waals surface area contributed by atoms with Gasteiger partial charge in [-0.15, -0.1) is 0 Å². The monoisotopic (exact) mass is 481 g/mol. The van der Waals surface area contributed by atoms with Crippen molar-refractivity contribution in [3.63, 3.8) is 0 Å². The minimum Gasteiger partial charge on any atom is -0.507 e. The van der Waals surface area contributed by atoms with Crippen LogP contribution in [0.4, 0.5) is 5.69 Å². The Morgan fingerprint density at radius 1 is 0.595 bits per heavy atom. The van der Waals surface area contributed by atoms with E-state index in [1.807, 2.05) is 30.3 Å². The number of methoxy groups -OCH3 is 1. The highest BCUT2D eigenvalue weighted by atomic mass is 16.5. The van der Waals surface area contributed by atoms with Gasteiger partial charge < -0.3 is 9.84 Å². The Kier molecular flexibility index (Phi) is 7.24. The van der Waals surface area contributed by atoms with Crippen LogP contribution in [0, 0.1) is 0 Å². The topological polar surface area (TPSA) is 41.8 Å². The molecule has 0 heterocycles. The van der Waals surface area contributed by atoms with Gasteiger partial charge in [0.25, 0.3) is 0 Å². The highest BCUT2D eigenvalue weighted by Gasteiger charge is 2.16. The van der Waals surface area contributed by atoms with Gasteiger partial charge >= 0.3 is 0 Å². The standard InChI is InChI=1S/C34H27NO2/c1-37-31-21-22-32(36)29(23-31)24-35-30-19-17-28(18-20-30)34(27-15-9-4-10-16-27)33(25-11-5-2-6-12-25)26-13-7-3-8-14-26/h2-24,36H,1H3. The quantitative estimate of drug-likeness (QED) is 0.188. The number of aliphatic imine (C=N–C) groups is 1. The molecule has 5 rings (SSSR count). The normalized spacial score (nSPS) is 10.8. The van der Waals surface area contributed by atoms with E-state index >= 15 is 0 Å². The highest BCUT2D eigenvalue weighted by molar-refractivity contribution is 6.04. The number of benzene rings is 5. The lowest BCUT2D eigenvalue weighted by molar-refractivity contribution is 0.412. The van der Waals surface area contributed by atoms with Gasteiger partial charge in [-0.1, -0.05) is 103 Å². The molecular formula is C34H27NO2. The summed E-state index contributed by atoms with van der Waals surface area (Å²) in [7, 11) is 1.60. The van der Waals surface area contributed by atoms with Crippen LogP contribution in [-0.4, -0.2) is 18.4 Å². The van der Waals surface area contributed by atoms with Crippen molar-refractivity contribution in [2.75, 3.05) is 7.11 Å². The van der Waals surface area contributed by atoms with Crippen LogP contribution in [0.15, 0.2) is 138 Å². The second-order valence-corrected chi connectivity index (χ2v) is 8.58. The summed E-state index contributed by atoms with van der Waals surface area (Å²) in [4.78, 5) is 4.59. The Balaban J connectivity index is 1.62. The number of hydrogen-bond acceptors (Lipinski definition) is 3. The number of ether oxygens (including phenoxy) is 1. The van der Waals surface area contributed by atoms with E-state index in [1.54, 1.807) is 31.5 Å². The number of rotatable bonds is 7. The molecule has 0 bridgehead atoms. The Bertz CT molecular complexity index is 1480. The molecule has 0 aliphatic carbocycles. The van der Waals surface area contributed by atoms with Crippen molar-refractivity contribution in [1.82, 2.24) is 0 Å². The lowest BCUT2D eigenvalue weighted by Crippen LogP contribution is -1.97. The van der Waals surface area contributed by atoms with Gasteiger partial charge in [-0.25, -0.2) is 0 Å². The predicted molar refractivity (Wildman–Crippen MR) is 153 cm³/mol. The largest absolute Gasteiger partial charge is 0.507 e. The van der Waals surface area contributed by atoms with Gasteiger partial charge in [-0.2, -0.15) is 0 Å². The zero-order chi connectivity index (χ0) is 25.5. The van der Waals surface area contributed by atoms with Crippen molar-refractivity contribution >= 4 is 23.0 Å². The fourth-order valence-corrected chi connectivity index (χ4v) is 4.35. The van der Waals surface area contributed by atoms with Crippen LogP contribution >= 0.6 is 0 Å². The van der Waals surface area contributed by atoms with Crippen molar-refractivity contribution in [2.24, 2.45) is 4.99 Å². The molecule has 5 aromatic carbocycles. The molecule has 0 fully saturated rings. The predicted octanol–water partition coefficient (Wildman–Crippen LogP) is 8.16. The first-order valence-electron chi connectivity index (χ1n) is 12.1. The van der Waals surface area contributed by atoms with Gasteiger partial charge in [-0.3, -0.25) is 4.99 Å². The molecule has 0 spiro atoms. The summed E-state index contributed by atoms with van der Waals surface area (Å²) in [5.74, 6) is 0.826. The molecular weight excluding hydrogens is 454 g/mol. The van der Waals surface area contributed by atoms with Crippen molar-refractivity contribution in [3.8, 4) is 11.5 Å². The lowest BCUT2D eigenvalue weighted by Gasteiger charge is -2.18. The number of aromatic hydroxyl groups is 1. The van der Waals surface area contributed by atoms with E-state index in [4.69, 9.17) is 4.74 Å². The summed E-state index contributed by atoms with van der Waals surface area (Å²) >= 11 is 0. The minimum absolute atomic E-state index is 0.158. The smallest absolute Gasteiger partial charge is 0.124 e. The van der Waals surface area contributed by atoms with E-state index in [0.29, 0.717) is 11.3 Å². The van der Waals surface area contributed by atoms with Crippen LogP contribution < -0.4 is 4.74 Å². The second-order valence-electron chi connectivity index (χ2n) is 8.58. The average Bonchev–Trinajstić information content (AvgIpc) is 2.97. The van der Waals surface area contributed by atoms with Gasteiger partial charge in [0, 0.05) is 11.8 Å². The van der Waals surface area contributed by atoms with E-state index in [9.17, 15) is 5.11 Å². The molecule has 0 aliphatic rings. The molecule has 0 aliphatic heterocycles. The number of phenols is 1. The Hall–Kier alpha value is -4.89. The van der Waals surface area contributed by atoms with E-state index in [-0.39, 0.29) is 5.75 Å². The van der Waals surface area contributed by atoms with Crippen molar-refractivity contribution in [3.05, 3.63) is 161 Å². The van der Waals surface area contributed by atoms with Crippen LogP contribution in [0.3, 0.4) is 0 Å². The molecule has 37 heavy (non-hydrogen) atoms. The summed E-state index contributed by atoms with van der Waals surface area (Å²) in [6.45, 7) is 0. The number of nitrogens with zero attached hydrogens (tertiary/aromatic N) is 1. The number of phenolic OH excluding ortho intramolecular Hbond substituents is 1. The number of hydrogen-bond donors (Lipinski definition) is 1. The van der Waals surface area contributed by atoms with Crippen LogP contribution in [-0.2, 0) is 0 Å². The third-order valence-electron chi connectivity index (χ3n) is 6.18. The lowest BCUT2D eigenvalue weighted by atomic mass is 9.86. The molecule has 0 atom stereocenters. The molecule has 5 aromatic rings. The molecule has 180 valence electrons. The third-order valence-corrected chi connectivity index (χ3v) is 6.18. The van der Waals surface area contributed by atoms with E-state index in [1.165, 1.54) is 5.57 Å². The summed E-state index contributed by atoms with van der Waals surface area (Å²) in [5, 5.41) is 10.2. The Labute approximate surface area is 217 Å². The highest BCUT2D eigenvalue weighted by Crippen LogP contribution is 2.37. The molecule has 0 saturated heterocycles. The first-order chi connectivity index (χ1) is 18.2. The van der Waals surface area contributed by atoms with Gasteiger partial charge in [-0.05, 0) is 63.7 Å². The average molecular weight is 482 g/mol. The molecule has 3 nitrogen and oxygen atoms in total. The SMILES string of the molecule is COc1ccc(O)c(C=Nc2ccc(C(=C(c3ccccc3)c3ccccc3)c3ccccc3)cc2)c1. The first kappa shape index (κ1) is 23.8. The summed E-state index contributed by atoms with van der Waals surface area (Å²) in [6.07, 6.45) is 1.65. The molecule has 0 radical (unpaired) electrons. The van der Waals surface area contributed by atoms with E-state index in [0.717, 1.165) is 33.5 Å².